The first-order valence-electron chi connectivity index (χ1n) is 9.54. The maximum atomic E-state index is 12.9. The Labute approximate surface area is 164 Å². The predicted octanol–water partition coefficient (Wildman–Crippen LogP) is 4.08. The van der Waals surface area contributed by atoms with Gasteiger partial charge in [0.15, 0.2) is 0 Å². The minimum atomic E-state index is -0.233. The molecule has 3 aromatic rings. The van der Waals surface area contributed by atoms with Crippen molar-refractivity contribution in [2.45, 2.75) is 32.4 Å². The molecule has 6 nitrogen and oxygen atoms in total. The third-order valence-corrected chi connectivity index (χ3v) is 4.76. The van der Waals surface area contributed by atoms with Crippen molar-refractivity contribution in [3.05, 3.63) is 60.9 Å². The zero-order chi connectivity index (χ0) is 19.5. The van der Waals surface area contributed by atoms with E-state index in [-0.39, 0.29) is 18.1 Å². The average Bonchev–Trinajstić information content (AvgIpc) is 3.33. The molecule has 0 bridgehead atoms. The van der Waals surface area contributed by atoms with Crippen LogP contribution < -0.4 is 15.0 Å². The van der Waals surface area contributed by atoms with Gasteiger partial charge in [0.1, 0.15) is 11.8 Å². The highest BCUT2D eigenvalue weighted by Crippen LogP contribution is 2.27. The molecule has 1 aromatic heterocycles. The monoisotopic (exact) mass is 376 g/mol. The summed E-state index contributed by atoms with van der Waals surface area (Å²) in [6.07, 6.45) is 4.52. The molecule has 1 atom stereocenters. The summed E-state index contributed by atoms with van der Waals surface area (Å²) in [4.78, 5) is 14.7. The Kier molecular flexibility index (Phi) is 5.02. The van der Waals surface area contributed by atoms with Crippen LogP contribution in [0, 0.1) is 0 Å². The molecule has 1 fully saturated rings. The Morgan fingerprint density at radius 3 is 2.71 bits per heavy atom. The van der Waals surface area contributed by atoms with Gasteiger partial charge in [-0.3, -0.25) is 9.89 Å². The number of hydrogen-bond acceptors (Lipinski definition) is 4. The fourth-order valence-corrected chi connectivity index (χ4v) is 3.45. The smallest absolute Gasteiger partial charge is 0.249 e. The topological polar surface area (TPSA) is 70.2 Å². The highest BCUT2D eigenvalue weighted by molar-refractivity contribution is 6.01. The highest BCUT2D eigenvalue weighted by Gasteiger charge is 2.32. The molecule has 0 radical (unpaired) electrons. The van der Waals surface area contributed by atoms with E-state index in [0.717, 1.165) is 34.7 Å². The molecule has 0 saturated carbocycles. The zero-order valence-corrected chi connectivity index (χ0v) is 16.1. The Morgan fingerprint density at radius 1 is 1.18 bits per heavy atom. The molecule has 1 aliphatic rings. The maximum Gasteiger partial charge on any atom is 0.249 e. The van der Waals surface area contributed by atoms with Gasteiger partial charge in [-0.05, 0) is 50.1 Å². The van der Waals surface area contributed by atoms with Crippen molar-refractivity contribution in [3.63, 3.8) is 0 Å². The second-order valence-corrected chi connectivity index (χ2v) is 7.20. The molecule has 4 rings (SSSR count). The van der Waals surface area contributed by atoms with Crippen molar-refractivity contribution in [3.8, 4) is 16.9 Å². The van der Waals surface area contributed by atoms with Crippen molar-refractivity contribution in [1.29, 1.82) is 0 Å². The number of nitrogens with zero attached hydrogens (tertiary/aromatic N) is 2. The number of nitrogens with one attached hydrogen (secondary N) is 2. The van der Waals surface area contributed by atoms with Gasteiger partial charge in [0, 0.05) is 35.7 Å². The molecule has 2 heterocycles. The molecule has 1 unspecified atom stereocenters. The van der Waals surface area contributed by atoms with Crippen molar-refractivity contribution < 1.29 is 9.53 Å². The molecule has 1 saturated heterocycles. The fraction of sp³-hybridized carbons (Fsp3) is 0.273. The standard InChI is InChI=1S/C22H24N4O2/c1-15(2)28-20-5-3-4-18(12-20)25-21-10-11-26(22(21)27)19-8-6-16(7-9-19)17-13-23-24-14-17/h3-9,12-15,21,25H,10-11H2,1-2H3,(H,23,24). The van der Waals surface area contributed by atoms with Gasteiger partial charge in [0.05, 0.1) is 12.3 Å². The molecule has 0 aliphatic carbocycles. The SMILES string of the molecule is CC(C)Oc1cccc(NC2CCN(c3ccc(-c4cn[nH]c4)cc3)C2=O)c1. The van der Waals surface area contributed by atoms with E-state index in [2.05, 4.69) is 15.5 Å². The van der Waals surface area contributed by atoms with Crippen molar-refractivity contribution in [1.82, 2.24) is 10.2 Å². The predicted molar refractivity (Wildman–Crippen MR) is 111 cm³/mol. The lowest BCUT2D eigenvalue weighted by Crippen LogP contribution is -2.33. The molecular weight excluding hydrogens is 352 g/mol. The number of H-pyrrole nitrogens is 1. The van der Waals surface area contributed by atoms with Crippen LogP contribution in [0.2, 0.25) is 0 Å². The number of anilines is 2. The number of rotatable bonds is 6. The van der Waals surface area contributed by atoms with E-state index in [9.17, 15) is 4.79 Å². The van der Waals surface area contributed by atoms with E-state index in [1.165, 1.54) is 0 Å². The number of ether oxygens (including phenoxy) is 1. The molecule has 0 spiro atoms. The summed E-state index contributed by atoms with van der Waals surface area (Å²) in [7, 11) is 0. The highest BCUT2D eigenvalue weighted by atomic mass is 16.5. The number of amides is 1. The largest absolute Gasteiger partial charge is 0.491 e. The summed E-state index contributed by atoms with van der Waals surface area (Å²) >= 11 is 0. The number of carbonyl (C=O) groups is 1. The molecule has 2 aromatic carbocycles. The summed E-state index contributed by atoms with van der Waals surface area (Å²) in [5.74, 6) is 0.892. The van der Waals surface area contributed by atoms with Gasteiger partial charge in [0.25, 0.3) is 0 Å². The Balaban J connectivity index is 1.44. The van der Waals surface area contributed by atoms with Crippen molar-refractivity contribution in [2.75, 3.05) is 16.8 Å². The Morgan fingerprint density at radius 2 is 2.00 bits per heavy atom. The second-order valence-electron chi connectivity index (χ2n) is 7.20. The first-order chi connectivity index (χ1) is 13.6. The van der Waals surface area contributed by atoms with Crippen LogP contribution in [0.1, 0.15) is 20.3 Å². The normalized spacial score (nSPS) is 16.6. The minimum Gasteiger partial charge on any atom is -0.491 e. The molecule has 6 heteroatoms. The third-order valence-electron chi connectivity index (χ3n) is 4.76. The zero-order valence-electron chi connectivity index (χ0n) is 16.1. The van der Waals surface area contributed by atoms with Gasteiger partial charge in [0.2, 0.25) is 5.91 Å². The van der Waals surface area contributed by atoms with Crippen LogP contribution in [0.25, 0.3) is 11.1 Å². The van der Waals surface area contributed by atoms with Gasteiger partial charge >= 0.3 is 0 Å². The molecule has 1 aliphatic heterocycles. The van der Waals surface area contributed by atoms with E-state index in [1.807, 2.05) is 73.5 Å². The number of aromatic nitrogens is 2. The van der Waals surface area contributed by atoms with Crippen LogP contribution in [-0.2, 0) is 4.79 Å². The van der Waals surface area contributed by atoms with Gasteiger partial charge in [-0.2, -0.15) is 5.10 Å². The number of benzene rings is 2. The summed E-state index contributed by atoms with van der Waals surface area (Å²) in [5, 5.41) is 10.1. The number of aromatic amines is 1. The van der Waals surface area contributed by atoms with Gasteiger partial charge in [-0.25, -0.2) is 0 Å². The Hall–Kier alpha value is -3.28. The van der Waals surface area contributed by atoms with Gasteiger partial charge in [-0.15, -0.1) is 0 Å². The maximum absolute atomic E-state index is 12.9. The molecule has 2 N–H and O–H groups in total. The first-order valence-corrected chi connectivity index (χ1v) is 9.54. The first kappa shape index (κ1) is 18.1. The van der Waals surface area contributed by atoms with E-state index in [0.29, 0.717) is 6.54 Å². The van der Waals surface area contributed by atoms with Crippen LogP contribution >= 0.6 is 0 Å². The molecule has 144 valence electrons. The van der Waals surface area contributed by atoms with Crippen molar-refractivity contribution >= 4 is 17.3 Å². The summed E-state index contributed by atoms with van der Waals surface area (Å²) in [6, 6.07) is 15.5. The molecule has 1 amide bonds. The Bertz CT molecular complexity index is 935. The van der Waals surface area contributed by atoms with E-state index >= 15 is 0 Å². The van der Waals surface area contributed by atoms with E-state index < -0.39 is 0 Å². The van der Waals surface area contributed by atoms with Crippen LogP contribution in [-0.4, -0.2) is 34.8 Å². The lowest BCUT2D eigenvalue weighted by molar-refractivity contribution is -0.117. The fourth-order valence-electron chi connectivity index (χ4n) is 3.45. The minimum absolute atomic E-state index is 0.0891. The summed E-state index contributed by atoms with van der Waals surface area (Å²) < 4.78 is 5.74. The van der Waals surface area contributed by atoms with Crippen LogP contribution in [0.4, 0.5) is 11.4 Å². The lowest BCUT2D eigenvalue weighted by Gasteiger charge is -2.18. The van der Waals surface area contributed by atoms with E-state index in [4.69, 9.17) is 4.74 Å². The third kappa shape index (κ3) is 3.86. The van der Waals surface area contributed by atoms with Gasteiger partial charge < -0.3 is 15.0 Å². The summed E-state index contributed by atoms with van der Waals surface area (Å²) in [5.41, 5.74) is 3.91. The van der Waals surface area contributed by atoms with Crippen LogP contribution in [0.5, 0.6) is 5.75 Å². The number of hydrogen-bond donors (Lipinski definition) is 2. The lowest BCUT2D eigenvalue weighted by atomic mass is 10.1. The molecule has 28 heavy (non-hydrogen) atoms. The second kappa shape index (κ2) is 7.76. The quantitative estimate of drug-likeness (QED) is 0.680. The summed E-state index contributed by atoms with van der Waals surface area (Å²) in [6.45, 7) is 4.69. The number of carbonyl (C=O) groups excluding carboxylic acids is 1. The van der Waals surface area contributed by atoms with Crippen molar-refractivity contribution in [2.24, 2.45) is 0 Å². The van der Waals surface area contributed by atoms with Crippen LogP contribution in [0.3, 0.4) is 0 Å². The van der Waals surface area contributed by atoms with Gasteiger partial charge in [-0.1, -0.05) is 18.2 Å². The molecular formula is C22H24N4O2. The average molecular weight is 376 g/mol. The van der Waals surface area contributed by atoms with Crippen LogP contribution in [0.15, 0.2) is 60.9 Å². The van der Waals surface area contributed by atoms with E-state index in [1.54, 1.807) is 6.20 Å².